The van der Waals surface area contributed by atoms with E-state index in [4.69, 9.17) is 4.74 Å². The number of benzene rings is 1. The number of carbonyl (C=O) groups excluding carboxylic acids is 2. The highest BCUT2D eigenvalue weighted by molar-refractivity contribution is 14.1. The minimum atomic E-state index is -0.506. The SMILES string of the molecule is C=CCN(CC=C)C(=O)COC(=O)c1cccc(I)c1. The molecule has 0 fully saturated rings. The van der Waals surface area contributed by atoms with Gasteiger partial charge in [0.1, 0.15) is 0 Å². The molecule has 0 unspecified atom stereocenters. The Morgan fingerprint density at radius 1 is 1.25 bits per heavy atom. The smallest absolute Gasteiger partial charge is 0.338 e. The largest absolute Gasteiger partial charge is 0.452 e. The molecule has 20 heavy (non-hydrogen) atoms. The number of nitrogens with zero attached hydrogens (tertiary/aromatic N) is 1. The van der Waals surface area contributed by atoms with Crippen LogP contribution in [0.4, 0.5) is 0 Å². The minimum Gasteiger partial charge on any atom is -0.452 e. The van der Waals surface area contributed by atoms with Crippen molar-refractivity contribution in [3.63, 3.8) is 0 Å². The highest BCUT2D eigenvalue weighted by Gasteiger charge is 2.14. The number of hydrogen-bond acceptors (Lipinski definition) is 3. The number of amides is 1. The highest BCUT2D eigenvalue weighted by atomic mass is 127. The summed E-state index contributed by atoms with van der Waals surface area (Å²) in [7, 11) is 0. The molecule has 0 spiro atoms. The molecule has 0 atom stereocenters. The molecule has 0 aliphatic carbocycles. The predicted molar refractivity (Wildman–Crippen MR) is 86.4 cm³/mol. The van der Waals surface area contributed by atoms with E-state index in [1.54, 1.807) is 30.4 Å². The van der Waals surface area contributed by atoms with E-state index in [9.17, 15) is 9.59 Å². The quantitative estimate of drug-likeness (QED) is 0.412. The Morgan fingerprint density at radius 2 is 1.90 bits per heavy atom. The van der Waals surface area contributed by atoms with Crippen LogP contribution in [0, 0.1) is 3.57 Å². The van der Waals surface area contributed by atoms with Gasteiger partial charge < -0.3 is 9.64 Å². The number of hydrogen-bond donors (Lipinski definition) is 0. The summed E-state index contributed by atoms with van der Waals surface area (Å²) in [5.74, 6) is -0.780. The van der Waals surface area contributed by atoms with Crippen LogP contribution in [-0.4, -0.2) is 36.5 Å². The second kappa shape index (κ2) is 8.52. The van der Waals surface area contributed by atoms with Gasteiger partial charge in [-0.2, -0.15) is 0 Å². The van der Waals surface area contributed by atoms with Gasteiger partial charge in [0, 0.05) is 16.7 Å². The standard InChI is InChI=1S/C15H16INO3/c1-3-8-17(9-4-2)14(18)11-20-15(19)12-6-5-7-13(16)10-12/h3-7,10H,1-2,8-9,11H2. The molecule has 0 saturated carbocycles. The molecule has 0 heterocycles. The molecule has 0 bridgehead atoms. The Balaban J connectivity index is 2.57. The maximum atomic E-state index is 11.9. The summed E-state index contributed by atoms with van der Waals surface area (Å²) in [5.41, 5.74) is 0.434. The molecule has 0 aromatic heterocycles. The lowest BCUT2D eigenvalue weighted by atomic mass is 10.2. The predicted octanol–water partition coefficient (Wildman–Crippen LogP) is 2.65. The second-order valence-corrected chi connectivity index (χ2v) is 5.21. The van der Waals surface area contributed by atoms with Crippen molar-refractivity contribution in [1.29, 1.82) is 0 Å². The average molecular weight is 385 g/mol. The molecule has 4 nitrogen and oxygen atoms in total. The van der Waals surface area contributed by atoms with Crippen LogP contribution in [0.15, 0.2) is 49.6 Å². The maximum Gasteiger partial charge on any atom is 0.338 e. The van der Waals surface area contributed by atoms with Crippen LogP contribution in [0.2, 0.25) is 0 Å². The van der Waals surface area contributed by atoms with E-state index in [1.165, 1.54) is 4.90 Å². The summed E-state index contributed by atoms with van der Waals surface area (Å²) in [6, 6.07) is 7.00. The number of esters is 1. The van der Waals surface area contributed by atoms with Crippen molar-refractivity contribution in [1.82, 2.24) is 4.90 Å². The normalized spacial score (nSPS) is 9.65. The summed E-state index contributed by atoms with van der Waals surface area (Å²) in [4.78, 5) is 25.2. The Kier molecular flexibility index (Phi) is 7.00. The topological polar surface area (TPSA) is 46.6 Å². The third-order valence-electron chi connectivity index (χ3n) is 2.44. The van der Waals surface area contributed by atoms with Crippen molar-refractivity contribution in [2.75, 3.05) is 19.7 Å². The molecule has 0 radical (unpaired) electrons. The molecule has 1 rings (SSSR count). The van der Waals surface area contributed by atoms with Gasteiger partial charge in [-0.3, -0.25) is 4.79 Å². The molecule has 0 saturated heterocycles. The minimum absolute atomic E-state index is 0.274. The number of carbonyl (C=O) groups is 2. The summed E-state index contributed by atoms with van der Waals surface area (Å²) in [6.07, 6.45) is 3.23. The van der Waals surface area contributed by atoms with Crippen LogP contribution in [0.3, 0.4) is 0 Å². The van der Waals surface area contributed by atoms with Gasteiger partial charge in [-0.1, -0.05) is 18.2 Å². The molecule has 0 aliphatic rings. The zero-order valence-corrected chi connectivity index (χ0v) is 13.2. The van der Waals surface area contributed by atoms with Gasteiger partial charge in [0.2, 0.25) is 0 Å². The maximum absolute atomic E-state index is 11.9. The number of rotatable bonds is 7. The molecule has 0 aliphatic heterocycles. The molecular formula is C15H16INO3. The zero-order chi connectivity index (χ0) is 15.0. The van der Waals surface area contributed by atoms with E-state index >= 15 is 0 Å². The molecule has 1 amide bonds. The van der Waals surface area contributed by atoms with Crippen molar-refractivity contribution in [3.8, 4) is 0 Å². The highest BCUT2D eigenvalue weighted by Crippen LogP contribution is 2.09. The van der Waals surface area contributed by atoms with Crippen LogP contribution in [-0.2, 0) is 9.53 Å². The Hall–Kier alpha value is -1.63. The van der Waals surface area contributed by atoms with Crippen molar-refractivity contribution in [3.05, 3.63) is 58.7 Å². The molecule has 1 aromatic carbocycles. The van der Waals surface area contributed by atoms with Crippen molar-refractivity contribution in [2.24, 2.45) is 0 Å². The van der Waals surface area contributed by atoms with Crippen LogP contribution in [0.25, 0.3) is 0 Å². The Morgan fingerprint density at radius 3 is 2.45 bits per heavy atom. The lowest BCUT2D eigenvalue weighted by Gasteiger charge is -2.18. The van der Waals surface area contributed by atoms with Crippen LogP contribution < -0.4 is 0 Å². The first kappa shape index (κ1) is 16.4. The number of halogens is 1. The first-order chi connectivity index (χ1) is 9.58. The summed E-state index contributed by atoms with van der Waals surface area (Å²) in [5, 5.41) is 0. The van der Waals surface area contributed by atoms with E-state index in [0.29, 0.717) is 18.7 Å². The fourth-order valence-corrected chi connectivity index (χ4v) is 2.05. The van der Waals surface area contributed by atoms with Gasteiger partial charge in [0.25, 0.3) is 5.91 Å². The van der Waals surface area contributed by atoms with Crippen molar-refractivity contribution >= 4 is 34.5 Å². The number of ether oxygens (including phenoxy) is 1. The Labute approximate surface area is 132 Å². The van der Waals surface area contributed by atoms with Gasteiger partial charge in [-0.15, -0.1) is 13.2 Å². The van der Waals surface area contributed by atoms with Gasteiger partial charge in [-0.05, 0) is 40.8 Å². The molecule has 1 aromatic rings. The third-order valence-corrected chi connectivity index (χ3v) is 3.11. The first-order valence-electron chi connectivity index (χ1n) is 6.00. The summed E-state index contributed by atoms with van der Waals surface area (Å²) < 4.78 is 5.95. The first-order valence-corrected chi connectivity index (χ1v) is 7.08. The van der Waals surface area contributed by atoms with E-state index in [1.807, 2.05) is 6.07 Å². The summed E-state index contributed by atoms with van der Waals surface area (Å²) >= 11 is 2.11. The Bertz CT molecular complexity index is 504. The third kappa shape index (κ3) is 5.16. The molecule has 5 heteroatoms. The summed E-state index contributed by atoms with van der Waals surface area (Å²) in [6.45, 7) is 7.66. The van der Waals surface area contributed by atoms with Crippen LogP contribution >= 0.6 is 22.6 Å². The molecule has 106 valence electrons. The molecule has 0 N–H and O–H groups in total. The van der Waals surface area contributed by atoms with Crippen LogP contribution in [0.5, 0.6) is 0 Å². The van der Waals surface area contributed by atoms with Crippen LogP contribution in [0.1, 0.15) is 10.4 Å². The molecular weight excluding hydrogens is 369 g/mol. The zero-order valence-electron chi connectivity index (χ0n) is 11.0. The van der Waals surface area contributed by atoms with Gasteiger partial charge in [0.05, 0.1) is 5.56 Å². The van der Waals surface area contributed by atoms with Gasteiger partial charge in [0.15, 0.2) is 6.61 Å². The van der Waals surface area contributed by atoms with E-state index < -0.39 is 5.97 Å². The lowest BCUT2D eigenvalue weighted by molar-refractivity contribution is -0.133. The monoisotopic (exact) mass is 385 g/mol. The lowest BCUT2D eigenvalue weighted by Crippen LogP contribution is -2.35. The van der Waals surface area contributed by atoms with E-state index in [2.05, 4.69) is 35.7 Å². The average Bonchev–Trinajstić information content (AvgIpc) is 2.44. The van der Waals surface area contributed by atoms with Gasteiger partial charge >= 0.3 is 5.97 Å². The van der Waals surface area contributed by atoms with Crippen molar-refractivity contribution < 1.29 is 14.3 Å². The van der Waals surface area contributed by atoms with Crippen molar-refractivity contribution in [2.45, 2.75) is 0 Å². The second-order valence-electron chi connectivity index (χ2n) is 3.96. The van der Waals surface area contributed by atoms with E-state index in [-0.39, 0.29) is 12.5 Å². The van der Waals surface area contributed by atoms with E-state index in [0.717, 1.165) is 3.57 Å². The van der Waals surface area contributed by atoms with Gasteiger partial charge in [-0.25, -0.2) is 4.79 Å². The fraction of sp³-hybridized carbons (Fsp3) is 0.200. The fourth-order valence-electron chi connectivity index (χ4n) is 1.51.